The maximum atomic E-state index is 12.8. The Hall–Kier alpha value is -3.01. The van der Waals surface area contributed by atoms with Gasteiger partial charge in [-0.25, -0.2) is 4.79 Å². The number of carbonyl (C=O) groups excluding carboxylic acids is 3. The molecule has 0 aromatic heterocycles. The standard InChI is InChI=1S/C24H20Cl2N2O6S/c25-17-9-15(10-18(26)21(17)34-13-14-3-5-16(6-4-14)23(31)32)11-19-22(30)28(24(33)35-19)12-20(29)27-7-1-2-8-27/h3-6,9-11H,1-2,7-8,12-13H2,(H,31,32)/b19-11+. The van der Waals surface area contributed by atoms with Gasteiger partial charge in [-0.05, 0) is 66.1 Å². The average Bonchev–Trinajstić information content (AvgIpc) is 3.44. The van der Waals surface area contributed by atoms with Gasteiger partial charge >= 0.3 is 5.97 Å². The molecule has 0 saturated carbocycles. The highest BCUT2D eigenvalue weighted by atomic mass is 35.5. The van der Waals surface area contributed by atoms with E-state index in [1.165, 1.54) is 18.2 Å². The van der Waals surface area contributed by atoms with Gasteiger partial charge in [0, 0.05) is 13.1 Å². The Kier molecular flexibility index (Phi) is 7.69. The number of nitrogens with zero attached hydrogens (tertiary/aromatic N) is 2. The normalized spacial score (nSPS) is 16.9. The summed E-state index contributed by atoms with van der Waals surface area (Å²) in [6.07, 6.45) is 3.34. The zero-order valence-corrected chi connectivity index (χ0v) is 20.7. The van der Waals surface area contributed by atoms with E-state index in [4.69, 9.17) is 33.0 Å². The molecule has 11 heteroatoms. The second-order valence-corrected chi connectivity index (χ2v) is 9.77. The molecule has 0 spiro atoms. The number of halogens is 2. The van der Waals surface area contributed by atoms with Crippen LogP contribution in [0.5, 0.6) is 5.75 Å². The first-order valence-electron chi connectivity index (χ1n) is 10.7. The Balaban J connectivity index is 1.44. The third-order valence-corrected chi connectivity index (χ3v) is 7.00. The van der Waals surface area contributed by atoms with Crippen LogP contribution in [-0.2, 0) is 16.2 Å². The molecular formula is C24H20Cl2N2O6S. The molecule has 182 valence electrons. The van der Waals surface area contributed by atoms with Gasteiger partial charge in [0.2, 0.25) is 5.91 Å². The molecule has 0 bridgehead atoms. The van der Waals surface area contributed by atoms with Crippen molar-refractivity contribution in [2.45, 2.75) is 19.4 Å². The summed E-state index contributed by atoms with van der Waals surface area (Å²) in [6, 6.07) is 9.31. The number of benzene rings is 2. The van der Waals surface area contributed by atoms with Gasteiger partial charge in [-0.2, -0.15) is 0 Å². The molecule has 1 N–H and O–H groups in total. The molecule has 0 atom stereocenters. The molecule has 8 nitrogen and oxygen atoms in total. The van der Waals surface area contributed by atoms with Crippen molar-refractivity contribution in [2.75, 3.05) is 19.6 Å². The number of imide groups is 1. The molecule has 2 fully saturated rings. The quantitative estimate of drug-likeness (QED) is 0.502. The van der Waals surface area contributed by atoms with Crippen molar-refractivity contribution in [1.82, 2.24) is 9.80 Å². The summed E-state index contributed by atoms with van der Waals surface area (Å²) in [6.45, 7) is 1.13. The number of amides is 3. The summed E-state index contributed by atoms with van der Waals surface area (Å²) in [5.41, 5.74) is 1.39. The molecule has 0 aliphatic carbocycles. The van der Waals surface area contributed by atoms with E-state index in [-0.39, 0.29) is 45.3 Å². The largest absolute Gasteiger partial charge is 0.486 e. The van der Waals surface area contributed by atoms with E-state index in [1.54, 1.807) is 29.2 Å². The SMILES string of the molecule is O=C(O)c1ccc(COc2c(Cl)cc(/C=C3/SC(=O)N(CC(=O)N4CCCC4)C3=O)cc2Cl)cc1. The lowest BCUT2D eigenvalue weighted by Crippen LogP contribution is -2.40. The summed E-state index contributed by atoms with van der Waals surface area (Å²) in [5, 5.41) is 8.89. The summed E-state index contributed by atoms with van der Waals surface area (Å²) in [7, 11) is 0. The van der Waals surface area contributed by atoms with Crippen LogP contribution in [0, 0.1) is 0 Å². The number of hydrogen-bond acceptors (Lipinski definition) is 6. The van der Waals surface area contributed by atoms with Crippen LogP contribution in [0.25, 0.3) is 6.08 Å². The van der Waals surface area contributed by atoms with Crippen molar-refractivity contribution in [3.63, 3.8) is 0 Å². The van der Waals surface area contributed by atoms with E-state index in [1.807, 2.05) is 0 Å². The number of likely N-dealkylation sites (tertiary alicyclic amines) is 1. The summed E-state index contributed by atoms with van der Waals surface area (Å²) in [4.78, 5) is 51.2. The predicted molar refractivity (Wildman–Crippen MR) is 133 cm³/mol. The Labute approximate surface area is 215 Å². The highest BCUT2D eigenvalue weighted by Crippen LogP contribution is 2.38. The molecule has 0 unspecified atom stereocenters. The second-order valence-electron chi connectivity index (χ2n) is 7.96. The highest BCUT2D eigenvalue weighted by Gasteiger charge is 2.37. The lowest BCUT2D eigenvalue weighted by molar-refractivity contribution is -0.135. The third kappa shape index (κ3) is 5.80. The van der Waals surface area contributed by atoms with E-state index in [2.05, 4.69) is 0 Å². The third-order valence-electron chi connectivity index (χ3n) is 5.53. The predicted octanol–water partition coefficient (Wildman–Crippen LogP) is 4.93. The van der Waals surface area contributed by atoms with Crippen molar-refractivity contribution in [3.05, 3.63) is 68.0 Å². The minimum Gasteiger partial charge on any atom is -0.486 e. The summed E-state index contributed by atoms with van der Waals surface area (Å²) in [5.74, 6) is -1.56. The molecular weight excluding hydrogens is 515 g/mol. The van der Waals surface area contributed by atoms with Gasteiger partial charge in [0.1, 0.15) is 13.2 Å². The lowest BCUT2D eigenvalue weighted by Gasteiger charge is -2.18. The molecule has 2 aromatic carbocycles. The Morgan fingerprint density at radius 1 is 1.06 bits per heavy atom. The maximum absolute atomic E-state index is 12.8. The molecule has 2 saturated heterocycles. The highest BCUT2D eigenvalue weighted by molar-refractivity contribution is 8.18. The fraction of sp³-hybridized carbons (Fsp3) is 0.250. The molecule has 2 heterocycles. The van der Waals surface area contributed by atoms with E-state index in [0.29, 0.717) is 18.7 Å². The minimum absolute atomic E-state index is 0.114. The number of thioether (sulfide) groups is 1. The number of carbonyl (C=O) groups is 4. The zero-order chi connectivity index (χ0) is 25.1. The van der Waals surface area contributed by atoms with Crippen LogP contribution >= 0.6 is 35.0 Å². The Bertz CT molecular complexity index is 1200. The molecule has 0 radical (unpaired) electrons. The molecule has 2 aliphatic heterocycles. The Morgan fingerprint density at radius 2 is 1.69 bits per heavy atom. The molecule has 2 aromatic rings. The van der Waals surface area contributed by atoms with E-state index in [0.717, 1.165) is 35.1 Å². The number of rotatable bonds is 7. The van der Waals surface area contributed by atoms with Crippen LogP contribution in [0.4, 0.5) is 4.79 Å². The molecule has 4 rings (SSSR count). The van der Waals surface area contributed by atoms with Crippen LogP contribution in [0.1, 0.15) is 34.3 Å². The van der Waals surface area contributed by atoms with Gasteiger partial charge in [-0.3, -0.25) is 19.3 Å². The molecule has 35 heavy (non-hydrogen) atoms. The van der Waals surface area contributed by atoms with Crippen LogP contribution in [0.3, 0.4) is 0 Å². The Morgan fingerprint density at radius 3 is 2.29 bits per heavy atom. The molecule has 3 amide bonds. The first kappa shape index (κ1) is 25.1. The van der Waals surface area contributed by atoms with Gasteiger partial charge in [0.05, 0.1) is 20.5 Å². The number of ether oxygens (including phenoxy) is 1. The van der Waals surface area contributed by atoms with Crippen LogP contribution in [0.2, 0.25) is 10.0 Å². The van der Waals surface area contributed by atoms with E-state index in [9.17, 15) is 19.2 Å². The van der Waals surface area contributed by atoms with Crippen molar-refractivity contribution in [3.8, 4) is 5.75 Å². The van der Waals surface area contributed by atoms with Crippen molar-refractivity contribution >= 4 is 64.1 Å². The van der Waals surface area contributed by atoms with Crippen LogP contribution in [-0.4, -0.2) is 57.6 Å². The minimum atomic E-state index is -1.02. The van der Waals surface area contributed by atoms with Crippen molar-refractivity contribution in [1.29, 1.82) is 0 Å². The fourth-order valence-corrected chi connectivity index (χ4v) is 5.14. The number of aromatic carboxylic acids is 1. The van der Waals surface area contributed by atoms with E-state index < -0.39 is 17.1 Å². The van der Waals surface area contributed by atoms with E-state index >= 15 is 0 Å². The lowest BCUT2D eigenvalue weighted by atomic mass is 10.1. The van der Waals surface area contributed by atoms with Gasteiger partial charge in [-0.15, -0.1) is 0 Å². The first-order chi connectivity index (χ1) is 16.7. The number of carboxylic acid groups (broad SMARTS) is 1. The fourth-order valence-electron chi connectivity index (χ4n) is 3.69. The summed E-state index contributed by atoms with van der Waals surface area (Å²) < 4.78 is 5.72. The average molecular weight is 535 g/mol. The van der Waals surface area contributed by atoms with Crippen LogP contribution in [0.15, 0.2) is 41.3 Å². The maximum Gasteiger partial charge on any atom is 0.335 e. The van der Waals surface area contributed by atoms with Crippen LogP contribution < -0.4 is 4.74 Å². The number of carboxylic acids is 1. The van der Waals surface area contributed by atoms with Gasteiger partial charge < -0.3 is 14.7 Å². The topological polar surface area (TPSA) is 104 Å². The van der Waals surface area contributed by atoms with Gasteiger partial charge in [0.25, 0.3) is 11.1 Å². The smallest absolute Gasteiger partial charge is 0.335 e. The first-order valence-corrected chi connectivity index (χ1v) is 12.3. The monoisotopic (exact) mass is 534 g/mol. The van der Waals surface area contributed by atoms with Crippen molar-refractivity contribution in [2.24, 2.45) is 0 Å². The van der Waals surface area contributed by atoms with Gasteiger partial charge in [0.15, 0.2) is 5.75 Å². The zero-order valence-electron chi connectivity index (χ0n) is 18.3. The second kappa shape index (κ2) is 10.7. The molecule has 2 aliphatic rings. The van der Waals surface area contributed by atoms with Gasteiger partial charge in [-0.1, -0.05) is 35.3 Å². The number of hydrogen-bond donors (Lipinski definition) is 1. The van der Waals surface area contributed by atoms with Crippen molar-refractivity contribution < 1.29 is 29.0 Å². The summed E-state index contributed by atoms with van der Waals surface area (Å²) >= 11 is 13.5.